The molecule has 0 radical (unpaired) electrons. The smallest absolute Gasteiger partial charge is 0.0938 e. The maximum Gasteiger partial charge on any atom is 0.0938 e. The summed E-state index contributed by atoms with van der Waals surface area (Å²) in [5.41, 5.74) is 0. The molecule has 108 valence electrons. The van der Waals surface area contributed by atoms with E-state index in [0.29, 0.717) is 12.6 Å². The number of morpholine rings is 1. The maximum absolute atomic E-state index is 5.94. The van der Waals surface area contributed by atoms with Crippen molar-refractivity contribution in [2.75, 3.05) is 32.9 Å². The van der Waals surface area contributed by atoms with Gasteiger partial charge in [-0.1, -0.05) is 0 Å². The van der Waals surface area contributed by atoms with E-state index in [-0.39, 0.29) is 18.3 Å². The van der Waals surface area contributed by atoms with E-state index in [2.05, 4.69) is 39.5 Å². The van der Waals surface area contributed by atoms with Crippen molar-refractivity contribution in [1.29, 1.82) is 0 Å². The first-order valence-electron chi connectivity index (χ1n) is 7.08. The Morgan fingerprint density at radius 3 is 2.50 bits per heavy atom. The fraction of sp³-hybridized carbons (Fsp3) is 1.00. The Morgan fingerprint density at radius 1 is 1.22 bits per heavy atom. The quantitative estimate of drug-likeness (QED) is 0.699. The van der Waals surface area contributed by atoms with Crippen LogP contribution in [0.2, 0.25) is 0 Å². The molecule has 1 aliphatic heterocycles. The Bertz CT molecular complexity index is 221. The predicted octanol–water partition coefficient (Wildman–Crippen LogP) is 1.93. The third-order valence-corrected chi connectivity index (χ3v) is 3.02. The van der Waals surface area contributed by atoms with Gasteiger partial charge in [-0.3, -0.25) is 4.90 Å². The summed E-state index contributed by atoms with van der Waals surface area (Å²) in [4.78, 5) is 2.43. The van der Waals surface area contributed by atoms with E-state index in [1.807, 2.05) is 0 Å². The lowest BCUT2D eigenvalue weighted by Gasteiger charge is -2.36. The number of nitrogens with zero attached hydrogens (tertiary/aromatic N) is 1. The van der Waals surface area contributed by atoms with Crippen molar-refractivity contribution in [3.63, 3.8) is 0 Å². The molecule has 1 rings (SSSR count). The van der Waals surface area contributed by atoms with E-state index < -0.39 is 0 Å². The van der Waals surface area contributed by atoms with Crippen LogP contribution in [0.4, 0.5) is 0 Å². The van der Waals surface area contributed by atoms with Crippen molar-refractivity contribution in [3.05, 3.63) is 0 Å². The molecule has 1 saturated heterocycles. The molecule has 1 fully saturated rings. The first-order valence-corrected chi connectivity index (χ1v) is 7.08. The van der Waals surface area contributed by atoms with Gasteiger partial charge in [-0.25, -0.2) is 0 Å². The molecule has 0 aromatic rings. The summed E-state index contributed by atoms with van der Waals surface area (Å²) in [5.74, 6) is 0. The first-order chi connectivity index (χ1) is 8.49. The molecule has 0 aromatic carbocycles. The van der Waals surface area contributed by atoms with Crippen LogP contribution in [0.25, 0.3) is 0 Å². The molecule has 0 saturated carbocycles. The summed E-state index contributed by atoms with van der Waals surface area (Å²) in [5, 5.41) is 0. The lowest BCUT2D eigenvalue weighted by Crippen LogP contribution is -2.48. The van der Waals surface area contributed by atoms with Crippen LogP contribution in [-0.4, -0.2) is 62.2 Å². The molecule has 2 unspecified atom stereocenters. The Morgan fingerprint density at radius 2 is 1.94 bits per heavy atom. The SMILES string of the molecule is CC(C)OCC(CN1CCOCC1C)OC(C)C. The van der Waals surface area contributed by atoms with Crippen molar-refractivity contribution >= 4 is 0 Å². The standard InChI is InChI=1S/C14H29NO3/c1-11(2)17-10-14(18-12(3)4)8-15-6-7-16-9-13(15)5/h11-14H,6-10H2,1-5H3. The van der Waals surface area contributed by atoms with Gasteiger partial charge >= 0.3 is 0 Å². The van der Waals surface area contributed by atoms with Crippen LogP contribution < -0.4 is 0 Å². The Kier molecular flexibility index (Phi) is 7.15. The highest BCUT2D eigenvalue weighted by molar-refractivity contribution is 4.75. The van der Waals surface area contributed by atoms with E-state index in [0.717, 1.165) is 26.3 Å². The molecule has 0 spiro atoms. The van der Waals surface area contributed by atoms with Crippen molar-refractivity contribution in [2.45, 2.75) is 59.0 Å². The van der Waals surface area contributed by atoms with E-state index in [4.69, 9.17) is 14.2 Å². The Hall–Kier alpha value is -0.160. The minimum Gasteiger partial charge on any atom is -0.379 e. The highest BCUT2D eigenvalue weighted by Gasteiger charge is 2.23. The number of hydrogen-bond acceptors (Lipinski definition) is 4. The molecule has 4 nitrogen and oxygen atoms in total. The summed E-state index contributed by atoms with van der Waals surface area (Å²) in [7, 11) is 0. The Balaban J connectivity index is 2.42. The van der Waals surface area contributed by atoms with E-state index >= 15 is 0 Å². The van der Waals surface area contributed by atoms with Gasteiger partial charge in [0, 0.05) is 19.1 Å². The molecule has 1 aliphatic rings. The Labute approximate surface area is 112 Å². The molecule has 4 heteroatoms. The van der Waals surface area contributed by atoms with Gasteiger partial charge in [0.1, 0.15) is 0 Å². The minimum absolute atomic E-state index is 0.146. The van der Waals surface area contributed by atoms with Crippen LogP contribution in [0.1, 0.15) is 34.6 Å². The topological polar surface area (TPSA) is 30.9 Å². The van der Waals surface area contributed by atoms with Crippen molar-refractivity contribution in [3.8, 4) is 0 Å². The highest BCUT2D eigenvalue weighted by Crippen LogP contribution is 2.10. The summed E-state index contributed by atoms with van der Waals surface area (Å²) in [6.07, 6.45) is 0.639. The highest BCUT2D eigenvalue weighted by atomic mass is 16.5. The van der Waals surface area contributed by atoms with Crippen LogP contribution in [0.3, 0.4) is 0 Å². The molecule has 0 bridgehead atoms. The van der Waals surface area contributed by atoms with Crippen LogP contribution in [0.15, 0.2) is 0 Å². The number of rotatable bonds is 7. The molecule has 1 heterocycles. The van der Waals surface area contributed by atoms with E-state index in [9.17, 15) is 0 Å². The minimum atomic E-state index is 0.146. The normalized spacial score (nSPS) is 23.8. The summed E-state index contributed by atoms with van der Waals surface area (Å²) < 4.78 is 17.1. The van der Waals surface area contributed by atoms with Crippen molar-refractivity contribution in [2.24, 2.45) is 0 Å². The van der Waals surface area contributed by atoms with Gasteiger partial charge in [0.25, 0.3) is 0 Å². The van der Waals surface area contributed by atoms with Crippen LogP contribution >= 0.6 is 0 Å². The first kappa shape index (κ1) is 15.9. The lowest BCUT2D eigenvalue weighted by molar-refractivity contribution is -0.0882. The van der Waals surface area contributed by atoms with Gasteiger partial charge in [-0.2, -0.15) is 0 Å². The predicted molar refractivity (Wildman–Crippen MR) is 73.0 cm³/mol. The maximum atomic E-state index is 5.94. The summed E-state index contributed by atoms with van der Waals surface area (Å²) >= 11 is 0. The fourth-order valence-corrected chi connectivity index (χ4v) is 2.11. The lowest BCUT2D eigenvalue weighted by atomic mass is 10.2. The molecule has 0 N–H and O–H groups in total. The summed E-state index contributed by atoms with van der Waals surface area (Å²) in [6.45, 7) is 14.7. The van der Waals surface area contributed by atoms with Gasteiger partial charge in [0.05, 0.1) is 38.1 Å². The zero-order valence-electron chi connectivity index (χ0n) is 12.5. The van der Waals surface area contributed by atoms with Crippen LogP contribution in [0.5, 0.6) is 0 Å². The largest absolute Gasteiger partial charge is 0.379 e. The van der Waals surface area contributed by atoms with Gasteiger partial charge in [-0.05, 0) is 34.6 Å². The summed E-state index contributed by atoms with van der Waals surface area (Å²) in [6, 6.07) is 0.469. The van der Waals surface area contributed by atoms with Gasteiger partial charge < -0.3 is 14.2 Å². The number of ether oxygens (including phenoxy) is 3. The molecule has 0 amide bonds. The molecular formula is C14H29NO3. The van der Waals surface area contributed by atoms with E-state index in [1.54, 1.807) is 0 Å². The zero-order valence-corrected chi connectivity index (χ0v) is 12.5. The van der Waals surface area contributed by atoms with Gasteiger partial charge in [0.15, 0.2) is 0 Å². The average Bonchev–Trinajstić information content (AvgIpc) is 2.28. The third-order valence-electron chi connectivity index (χ3n) is 3.02. The second kappa shape index (κ2) is 8.10. The molecule has 0 aliphatic carbocycles. The van der Waals surface area contributed by atoms with Gasteiger partial charge in [0.2, 0.25) is 0 Å². The molecular weight excluding hydrogens is 230 g/mol. The molecule has 0 aromatic heterocycles. The second-order valence-electron chi connectivity index (χ2n) is 5.61. The molecule has 18 heavy (non-hydrogen) atoms. The zero-order chi connectivity index (χ0) is 13.5. The van der Waals surface area contributed by atoms with Crippen molar-refractivity contribution < 1.29 is 14.2 Å². The number of hydrogen-bond donors (Lipinski definition) is 0. The van der Waals surface area contributed by atoms with Crippen LogP contribution in [-0.2, 0) is 14.2 Å². The molecule has 2 atom stereocenters. The monoisotopic (exact) mass is 259 g/mol. The second-order valence-corrected chi connectivity index (χ2v) is 5.61. The van der Waals surface area contributed by atoms with Gasteiger partial charge in [-0.15, -0.1) is 0 Å². The van der Waals surface area contributed by atoms with E-state index in [1.165, 1.54) is 0 Å². The van der Waals surface area contributed by atoms with Crippen molar-refractivity contribution in [1.82, 2.24) is 4.90 Å². The third kappa shape index (κ3) is 6.14. The fourth-order valence-electron chi connectivity index (χ4n) is 2.11. The van der Waals surface area contributed by atoms with Crippen LogP contribution in [0, 0.1) is 0 Å². The average molecular weight is 259 g/mol.